The summed E-state index contributed by atoms with van der Waals surface area (Å²) < 4.78 is 0. The van der Waals surface area contributed by atoms with Crippen molar-refractivity contribution in [3.05, 3.63) is 22.4 Å². The van der Waals surface area contributed by atoms with Crippen molar-refractivity contribution in [2.75, 3.05) is 53.4 Å². The highest BCUT2D eigenvalue weighted by Gasteiger charge is 2.28. The molecule has 1 fully saturated rings. The standard InChI is InChI=1S/C15H28N4S/c1-13(16)15(14-5-4-12-20-14)19-10-8-18(9-11-19)7-6-17(2)3/h4-5,12-13,15H,6-11,16H2,1-3H3. The molecule has 4 nitrogen and oxygen atoms in total. The first kappa shape index (κ1) is 15.9. The number of hydrogen-bond acceptors (Lipinski definition) is 5. The molecule has 5 heteroatoms. The monoisotopic (exact) mass is 296 g/mol. The van der Waals surface area contributed by atoms with Gasteiger partial charge in [0.2, 0.25) is 0 Å². The average molecular weight is 296 g/mol. The maximum Gasteiger partial charge on any atom is 0.0591 e. The summed E-state index contributed by atoms with van der Waals surface area (Å²) in [6, 6.07) is 4.91. The predicted molar refractivity (Wildman–Crippen MR) is 87.3 cm³/mol. The first-order valence-corrected chi connectivity index (χ1v) is 8.36. The smallest absolute Gasteiger partial charge is 0.0591 e. The molecule has 2 N–H and O–H groups in total. The fourth-order valence-corrected chi connectivity index (χ4v) is 3.81. The quantitative estimate of drug-likeness (QED) is 0.859. The molecular formula is C15H28N4S. The van der Waals surface area contributed by atoms with Gasteiger partial charge in [0.1, 0.15) is 0 Å². The second-order valence-electron chi connectivity index (χ2n) is 6.00. The molecule has 1 saturated heterocycles. The number of piperazine rings is 1. The van der Waals surface area contributed by atoms with Crippen LogP contribution in [0.1, 0.15) is 17.8 Å². The Morgan fingerprint density at radius 1 is 1.30 bits per heavy atom. The second-order valence-corrected chi connectivity index (χ2v) is 6.98. The molecule has 0 spiro atoms. The topological polar surface area (TPSA) is 35.7 Å². The van der Waals surface area contributed by atoms with Crippen molar-refractivity contribution >= 4 is 11.3 Å². The molecular weight excluding hydrogens is 268 g/mol. The summed E-state index contributed by atoms with van der Waals surface area (Å²) in [5.41, 5.74) is 6.24. The van der Waals surface area contributed by atoms with E-state index in [1.54, 1.807) is 0 Å². The van der Waals surface area contributed by atoms with Crippen molar-refractivity contribution in [1.29, 1.82) is 0 Å². The molecule has 20 heavy (non-hydrogen) atoms. The van der Waals surface area contributed by atoms with Gasteiger partial charge < -0.3 is 10.6 Å². The first-order chi connectivity index (χ1) is 9.58. The summed E-state index contributed by atoms with van der Waals surface area (Å²) in [7, 11) is 4.28. The molecule has 1 aromatic heterocycles. The SMILES string of the molecule is CC(N)C(c1cccs1)N1CCN(CCN(C)C)CC1. The third-order valence-electron chi connectivity index (χ3n) is 4.00. The Morgan fingerprint density at radius 2 is 2.00 bits per heavy atom. The molecule has 2 heterocycles. The van der Waals surface area contributed by atoms with E-state index in [9.17, 15) is 0 Å². The van der Waals surface area contributed by atoms with Crippen LogP contribution in [0.2, 0.25) is 0 Å². The highest BCUT2D eigenvalue weighted by Crippen LogP contribution is 2.28. The van der Waals surface area contributed by atoms with Gasteiger partial charge in [-0.3, -0.25) is 9.80 Å². The van der Waals surface area contributed by atoms with E-state index in [0.717, 1.165) is 32.7 Å². The zero-order valence-corrected chi connectivity index (χ0v) is 13.8. The molecule has 0 aromatic carbocycles. The van der Waals surface area contributed by atoms with Crippen LogP contribution in [0, 0.1) is 0 Å². The summed E-state index contributed by atoms with van der Waals surface area (Å²) in [6.45, 7) is 8.99. The highest BCUT2D eigenvalue weighted by atomic mass is 32.1. The fraction of sp³-hybridized carbons (Fsp3) is 0.733. The van der Waals surface area contributed by atoms with Crippen LogP contribution in [0.25, 0.3) is 0 Å². The lowest BCUT2D eigenvalue weighted by Crippen LogP contribution is -2.51. The summed E-state index contributed by atoms with van der Waals surface area (Å²) in [6.07, 6.45) is 0. The molecule has 0 amide bonds. The van der Waals surface area contributed by atoms with E-state index in [2.05, 4.69) is 53.2 Å². The Labute approximate surface area is 127 Å². The molecule has 2 unspecified atom stereocenters. The van der Waals surface area contributed by atoms with Crippen LogP contribution in [0.4, 0.5) is 0 Å². The lowest BCUT2D eigenvalue weighted by atomic mass is 10.1. The van der Waals surface area contributed by atoms with Crippen molar-refractivity contribution in [2.24, 2.45) is 5.73 Å². The number of likely N-dealkylation sites (N-methyl/N-ethyl adjacent to an activating group) is 1. The van der Waals surface area contributed by atoms with Gasteiger partial charge in [-0.15, -0.1) is 11.3 Å². The van der Waals surface area contributed by atoms with Crippen molar-refractivity contribution in [1.82, 2.24) is 14.7 Å². The minimum atomic E-state index is 0.182. The summed E-state index contributed by atoms with van der Waals surface area (Å²) >= 11 is 1.83. The van der Waals surface area contributed by atoms with Crippen molar-refractivity contribution in [3.8, 4) is 0 Å². The number of nitrogens with zero attached hydrogens (tertiary/aromatic N) is 3. The van der Waals surface area contributed by atoms with Gasteiger partial charge >= 0.3 is 0 Å². The predicted octanol–water partition coefficient (Wildman–Crippen LogP) is 1.32. The minimum absolute atomic E-state index is 0.182. The molecule has 0 aliphatic carbocycles. The fourth-order valence-electron chi connectivity index (χ4n) is 2.84. The Balaban J connectivity index is 1.88. The zero-order chi connectivity index (χ0) is 14.5. The summed E-state index contributed by atoms with van der Waals surface area (Å²) in [5, 5.41) is 2.15. The van der Waals surface area contributed by atoms with Crippen molar-refractivity contribution in [3.63, 3.8) is 0 Å². The molecule has 2 atom stereocenters. The van der Waals surface area contributed by atoms with E-state index >= 15 is 0 Å². The number of hydrogen-bond donors (Lipinski definition) is 1. The van der Waals surface area contributed by atoms with Gasteiger partial charge in [0, 0.05) is 50.2 Å². The Kier molecular flexibility index (Phi) is 5.99. The van der Waals surface area contributed by atoms with E-state index in [1.165, 1.54) is 11.4 Å². The highest BCUT2D eigenvalue weighted by molar-refractivity contribution is 7.10. The van der Waals surface area contributed by atoms with Gasteiger partial charge in [0.25, 0.3) is 0 Å². The van der Waals surface area contributed by atoms with E-state index in [-0.39, 0.29) is 6.04 Å². The number of thiophene rings is 1. The van der Waals surface area contributed by atoms with Crippen molar-refractivity contribution < 1.29 is 0 Å². The molecule has 114 valence electrons. The third kappa shape index (κ3) is 4.27. The minimum Gasteiger partial charge on any atom is -0.326 e. The van der Waals surface area contributed by atoms with Crippen LogP contribution in [0.15, 0.2) is 17.5 Å². The van der Waals surface area contributed by atoms with E-state index in [0.29, 0.717) is 6.04 Å². The first-order valence-electron chi connectivity index (χ1n) is 7.48. The second kappa shape index (κ2) is 7.52. The van der Waals surface area contributed by atoms with Crippen LogP contribution in [0.3, 0.4) is 0 Å². The van der Waals surface area contributed by atoms with E-state index < -0.39 is 0 Å². The normalized spacial score (nSPS) is 21.2. The third-order valence-corrected chi connectivity index (χ3v) is 4.94. The van der Waals surface area contributed by atoms with Gasteiger partial charge in [0.15, 0.2) is 0 Å². The number of nitrogens with two attached hydrogens (primary N) is 1. The summed E-state index contributed by atoms with van der Waals surface area (Å²) in [4.78, 5) is 8.77. The van der Waals surface area contributed by atoms with Gasteiger partial charge in [-0.2, -0.15) is 0 Å². The van der Waals surface area contributed by atoms with Crippen LogP contribution < -0.4 is 5.73 Å². The molecule has 1 aliphatic rings. The van der Waals surface area contributed by atoms with Crippen LogP contribution in [-0.2, 0) is 0 Å². The van der Waals surface area contributed by atoms with E-state index in [1.807, 2.05) is 11.3 Å². The Morgan fingerprint density at radius 3 is 2.50 bits per heavy atom. The van der Waals surface area contributed by atoms with E-state index in [4.69, 9.17) is 5.73 Å². The summed E-state index contributed by atoms with van der Waals surface area (Å²) in [5.74, 6) is 0. The maximum absolute atomic E-state index is 6.24. The van der Waals surface area contributed by atoms with Crippen molar-refractivity contribution in [2.45, 2.75) is 19.0 Å². The van der Waals surface area contributed by atoms with Crippen LogP contribution >= 0.6 is 11.3 Å². The zero-order valence-electron chi connectivity index (χ0n) is 13.0. The van der Waals surface area contributed by atoms with Gasteiger partial charge in [-0.25, -0.2) is 0 Å². The lowest BCUT2D eigenvalue weighted by Gasteiger charge is -2.40. The maximum atomic E-state index is 6.24. The molecule has 2 rings (SSSR count). The molecule has 1 aliphatic heterocycles. The molecule has 0 radical (unpaired) electrons. The molecule has 0 saturated carbocycles. The molecule has 1 aromatic rings. The van der Waals surface area contributed by atoms with Gasteiger partial charge in [-0.05, 0) is 32.5 Å². The lowest BCUT2D eigenvalue weighted by molar-refractivity contribution is 0.0844. The van der Waals surface area contributed by atoms with Crippen LogP contribution in [0.5, 0.6) is 0 Å². The largest absolute Gasteiger partial charge is 0.326 e. The van der Waals surface area contributed by atoms with Crippen LogP contribution in [-0.4, -0.2) is 74.1 Å². The average Bonchev–Trinajstić information content (AvgIpc) is 2.91. The Hall–Kier alpha value is -0.460. The number of rotatable bonds is 6. The molecule has 0 bridgehead atoms. The Bertz CT molecular complexity index is 369. The van der Waals surface area contributed by atoms with Gasteiger partial charge in [-0.1, -0.05) is 6.07 Å². The van der Waals surface area contributed by atoms with Gasteiger partial charge in [0.05, 0.1) is 6.04 Å².